The lowest BCUT2D eigenvalue weighted by molar-refractivity contribution is -0.165. The number of hydrogen-bond acceptors (Lipinski definition) is 9. The predicted molar refractivity (Wildman–Crippen MR) is 123 cm³/mol. The summed E-state index contributed by atoms with van der Waals surface area (Å²) in [6, 6.07) is 0.941. The summed E-state index contributed by atoms with van der Waals surface area (Å²) in [4.78, 5) is 25.9. The molecule has 1 saturated heterocycles. The van der Waals surface area contributed by atoms with Gasteiger partial charge in [-0.2, -0.15) is 13.2 Å². The van der Waals surface area contributed by atoms with Crippen molar-refractivity contribution >= 4 is 34.2 Å². The van der Waals surface area contributed by atoms with Crippen molar-refractivity contribution in [1.82, 2.24) is 0 Å². The predicted octanol–water partition coefficient (Wildman–Crippen LogP) is 4.28. The molecule has 4 rings (SSSR count). The molecule has 0 amide bonds. The van der Waals surface area contributed by atoms with Crippen LogP contribution < -0.4 is 13.7 Å². The molecule has 204 valence electrons. The second kappa shape index (κ2) is 10.8. The van der Waals surface area contributed by atoms with Crippen molar-refractivity contribution in [3.05, 3.63) is 28.5 Å². The average Bonchev–Trinajstić information content (AvgIpc) is 3.16. The van der Waals surface area contributed by atoms with Crippen LogP contribution in [0.5, 0.6) is 17.2 Å². The zero-order chi connectivity index (χ0) is 27.0. The van der Waals surface area contributed by atoms with Crippen LogP contribution in [0.25, 0.3) is 0 Å². The van der Waals surface area contributed by atoms with Gasteiger partial charge in [0.05, 0.1) is 13.7 Å². The van der Waals surface area contributed by atoms with Crippen LogP contribution in [0.1, 0.15) is 43.0 Å². The van der Waals surface area contributed by atoms with Crippen LogP contribution in [-0.2, 0) is 30.1 Å². The van der Waals surface area contributed by atoms with Gasteiger partial charge in [-0.1, -0.05) is 18.5 Å². The van der Waals surface area contributed by atoms with Gasteiger partial charge >= 0.3 is 16.6 Å². The topological polar surface area (TPSA) is 107 Å². The minimum absolute atomic E-state index is 0.0427. The smallest absolute Gasteiger partial charge is 0.496 e. The third-order valence-corrected chi connectivity index (χ3v) is 7.26. The molecule has 1 spiro atoms. The Bertz CT molecular complexity index is 1130. The SMILES string of the molecule is COC1=CC(=O)C[C@@H](C)[C@]12Oc1c(Cl)c(OS(=O)C(F)(F)F)cc(OCCOC3CCCCO3)c1C2=O. The van der Waals surface area contributed by atoms with Crippen molar-refractivity contribution in [2.45, 2.75) is 50.0 Å². The van der Waals surface area contributed by atoms with Gasteiger partial charge in [0.1, 0.15) is 22.9 Å². The van der Waals surface area contributed by atoms with Crippen LogP contribution in [0.15, 0.2) is 17.9 Å². The number of carbonyl (C=O) groups is 2. The molecule has 2 aliphatic heterocycles. The lowest BCUT2D eigenvalue weighted by Crippen LogP contribution is -2.51. The van der Waals surface area contributed by atoms with Crippen LogP contribution in [-0.4, -0.2) is 60.1 Å². The van der Waals surface area contributed by atoms with Gasteiger partial charge in [-0.15, -0.1) is 0 Å². The summed E-state index contributed by atoms with van der Waals surface area (Å²) in [5, 5.41) is -0.517. The number of hydrogen-bond donors (Lipinski definition) is 0. The Hall–Kier alpha value is -2.35. The molecule has 2 heterocycles. The van der Waals surface area contributed by atoms with E-state index in [1.165, 1.54) is 7.11 Å². The van der Waals surface area contributed by atoms with E-state index < -0.39 is 51.0 Å². The number of benzene rings is 1. The molecular formula is C23H24ClF3O9S. The zero-order valence-electron chi connectivity index (χ0n) is 19.9. The van der Waals surface area contributed by atoms with Gasteiger partial charge in [-0.3, -0.25) is 9.59 Å². The van der Waals surface area contributed by atoms with Gasteiger partial charge in [0, 0.05) is 31.1 Å². The maximum absolute atomic E-state index is 13.8. The zero-order valence-corrected chi connectivity index (χ0v) is 21.4. The number of methoxy groups -OCH3 is 1. The van der Waals surface area contributed by atoms with Crippen LogP contribution in [0.2, 0.25) is 5.02 Å². The Morgan fingerprint density at radius 3 is 2.62 bits per heavy atom. The van der Waals surface area contributed by atoms with Crippen molar-refractivity contribution in [2.24, 2.45) is 5.92 Å². The molecule has 0 saturated carbocycles. The first-order valence-corrected chi connectivity index (χ1v) is 12.9. The highest BCUT2D eigenvalue weighted by molar-refractivity contribution is 7.81. The summed E-state index contributed by atoms with van der Waals surface area (Å²) in [6.45, 7) is 2.09. The first-order valence-electron chi connectivity index (χ1n) is 11.4. The third kappa shape index (κ3) is 5.31. The van der Waals surface area contributed by atoms with E-state index in [9.17, 15) is 27.0 Å². The molecule has 0 radical (unpaired) electrons. The van der Waals surface area contributed by atoms with Gasteiger partial charge < -0.3 is 27.9 Å². The molecule has 4 atom stereocenters. The Morgan fingerprint density at radius 2 is 1.97 bits per heavy atom. The molecule has 1 aliphatic carbocycles. The van der Waals surface area contributed by atoms with Gasteiger partial charge in [0.2, 0.25) is 11.4 Å². The highest BCUT2D eigenvalue weighted by atomic mass is 35.5. The highest BCUT2D eigenvalue weighted by Crippen LogP contribution is 2.54. The fourth-order valence-corrected chi connectivity index (χ4v) is 5.13. The van der Waals surface area contributed by atoms with Crippen LogP contribution in [0.3, 0.4) is 0 Å². The fourth-order valence-electron chi connectivity index (χ4n) is 4.47. The summed E-state index contributed by atoms with van der Waals surface area (Å²) < 4.78 is 83.1. The number of halogens is 4. The summed E-state index contributed by atoms with van der Waals surface area (Å²) in [6.07, 6.45) is 3.24. The van der Waals surface area contributed by atoms with E-state index in [0.717, 1.165) is 25.0 Å². The number of carbonyl (C=O) groups excluding carboxylic acids is 2. The maximum atomic E-state index is 13.8. The summed E-state index contributed by atoms with van der Waals surface area (Å²) in [5.41, 5.74) is -7.17. The van der Waals surface area contributed by atoms with Crippen molar-refractivity contribution < 1.29 is 54.8 Å². The summed E-state index contributed by atoms with van der Waals surface area (Å²) >= 11 is 2.53. The van der Waals surface area contributed by atoms with E-state index in [1.54, 1.807) is 6.92 Å². The third-order valence-electron chi connectivity index (χ3n) is 6.20. The molecule has 9 nitrogen and oxygen atoms in total. The standard InChI is InChI=1S/C23H24ClF3O9S/c1-12-9-13(28)10-16(31-2)22(12)21(29)18-14(32-7-8-34-17-5-3-4-6-33-17)11-15(19(24)20(18)35-22)36-37(30)23(25,26)27/h10-12,17H,3-9H2,1-2H3/t12-,17?,22+,37?/m1/s1. The molecule has 1 aromatic rings. The molecule has 0 N–H and O–H groups in total. The Labute approximate surface area is 217 Å². The quantitative estimate of drug-likeness (QED) is 0.425. The fraction of sp³-hybridized carbons (Fsp3) is 0.565. The van der Waals surface area contributed by atoms with Crippen molar-refractivity contribution in [3.63, 3.8) is 0 Å². The lowest BCUT2D eigenvalue weighted by Gasteiger charge is -2.36. The maximum Gasteiger partial charge on any atom is 0.508 e. The van der Waals surface area contributed by atoms with Gasteiger partial charge in [-0.05, 0) is 19.3 Å². The minimum Gasteiger partial charge on any atom is -0.496 e. The van der Waals surface area contributed by atoms with Gasteiger partial charge in [0.15, 0.2) is 29.3 Å². The minimum atomic E-state index is -5.20. The van der Waals surface area contributed by atoms with E-state index in [4.69, 9.17) is 35.3 Å². The Morgan fingerprint density at radius 1 is 1.22 bits per heavy atom. The van der Waals surface area contributed by atoms with E-state index in [0.29, 0.717) is 13.0 Å². The Balaban J connectivity index is 1.68. The first-order chi connectivity index (χ1) is 17.5. The van der Waals surface area contributed by atoms with E-state index in [-0.39, 0.29) is 48.2 Å². The second-order valence-corrected chi connectivity index (χ2v) is 10.1. The van der Waals surface area contributed by atoms with E-state index in [2.05, 4.69) is 4.18 Å². The summed E-state index contributed by atoms with van der Waals surface area (Å²) in [7, 11) is 1.25. The molecule has 2 unspecified atom stereocenters. The first kappa shape index (κ1) is 27.7. The monoisotopic (exact) mass is 568 g/mol. The lowest BCUT2D eigenvalue weighted by atomic mass is 9.75. The van der Waals surface area contributed by atoms with E-state index in [1.807, 2.05) is 0 Å². The van der Waals surface area contributed by atoms with Gasteiger partial charge in [0.25, 0.3) is 0 Å². The molecule has 37 heavy (non-hydrogen) atoms. The number of allylic oxidation sites excluding steroid dienone is 1. The number of ether oxygens (including phenoxy) is 5. The van der Waals surface area contributed by atoms with Gasteiger partial charge in [-0.25, -0.2) is 4.21 Å². The van der Waals surface area contributed by atoms with Crippen LogP contribution in [0, 0.1) is 5.92 Å². The van der Waals surface area contributed by atoms with Crippen LogP contribution >= 0.6 is 11.6 Å². The highest BCUT2D eigenvalue weighted by Gasteiger charge is 2.60. The van der Waals surface area contributed by atoms with E-state index >= 15 is 0 Å². The molecule has 3 aliphatic rings. The average molecular weight is 569 g/mol. The number of Topliss-reactive ketones (excluding diaryl/α,β-unsaturated/α-hetero) is 1. The largest absolute Gasteiger partial charge is 0.508 e. The normalized spacial score (nSPS) is 26.4. The number of alkyl halides is 3. The molecule has 1 fully saturated rings. The number of fused-ring (bicyclic) bond motifs is 1. The van der Waals surface area contributed by atoms with Crippen molar-refractivity contribution in [3.8, 4) is 17.2 Å². The number of ketones is 2. The molecular weight excluding hydrogens is 545 g/mol. The van der Waals surface area contributed by atoms with Crippen LogP contribution in [0.4, 0.5) is 13.2 Å². The molecule has 14 heteroatoms. The molecule has 0 bridgehead atoms. The Kier molecular flexibility index (Phi) is 8.07. The molecule has 1 aromatic carbocycles. The summed E-state index contributed by atoms with van der Waals surface area (Å²) in [5.74, 6) is -2.98. The molecule has 0 aromatic heterocycles. The van der Waals surface area contributed by atoms with Crippen molar-refractivity contribution in [1.29, 1.82) is 0 Å². The second-order valence-electron chi connectivity index (χ2n) is 8.62. The number of rotatable bonds is 8. The van der Waals surface area contributed by atoms with Crippen molar-refractivity contribution in [2.75, 3.05) is 26.9 Å².